The van der Waals surface area contributed by atoms with Gasteiger partial charge in [0.05, 0.1) is 10.2 Å². The van der Waals surface area contributed by atoms with E-state index in [9.17, 15) is 9.00 Å². The molecule has 1 saturated heterocycles. The number of carbonyl (C=O) groups excluding carboxylic acids is 1. The van der Waals surface area contributed by atoms with Gasteiger partial charge < -0.3 is 4.90 Å². The van der Waals surface area contributed by atoms with Crippen LogP contribution < -0.4 is 0 Å². The maximum absolute atomic E-state index is 12.4. The number of rotatable bonds is 5. The van der Waals surface area contributed by atoms with Crippen molar-refractivity contribution in [3.63, 3.8) is 0 Å². The van der Waals surface area contributed by atoms with Crippen LogP contribution >= 0.6 is 23.1 Å². The summed E-state index contributed by atoms with van der Waals surface area (Å²) < 4.78 is 14.0. The van der Waals surface area contributed by atoms with E-state index >= 15 is 0 Å². The first kappa shape index (κ1) is 17.9. The zero-order chi connectivity index (χ0) is 16.9. The molecule has 7 heteroatoms. The second kappa shape index (κ2) is 8.45. The lowest BCUT2D eigenvalue weighted by Gasteiger charge is -2.22. The van der Waals surface area contributed by atoms with E-state index in [-0.39, 0.29) is 5.91 Å². The largest absolute Gasteiger partial charge is 0.341 e. The molecule has 0 aliphatic carbocycles. The Bertz CT molecular complexity index is 698. The molecule has 1 aromatic carbocycles. The molecule has 2 atom stereocenters. The van der Waals surface area contributed by atoms with Crippen molar-refractivity contribution in [3.8, 4) is 0 Å². The number of carbonyl (C=O) groups is 1. The molecule has 1 amide bonds. The summed E-state index contributed by atoms with van der Waals surface area (Å²) in [5.74, 6) is 2.77. The third-order valence-corrected chi connectivity index (χ3v) is 7.82. The van der Waals surface area contributed by atoms with Crippen LogP contribution in [0.25, 0.3) is 10.2 Å². The van der Waals surface area contributed by atoms with Crippen LogP contribution in [0.3, 0.4) is 0 Å². The molecule has 1 aliphatic heterocycles. The fourth-order valence-electron chi connectivity index (χ4n) is 2.81. The fraction of sp³-hybridized carbons (Fsp3) is 0.529. The SMILES string of the molecule is C[C@H]1CN(C(=O)CCCSc2nc3ccccc3s2)CC[S@](=O)C1. The molecule has 2 aromatic rings. The van der Waals surface area contributed by atoms with Crippen molar-refractivity contribution in [2.45, 2.75) is 24.1 Å². The van der Waals surface area contributed by atoms with Crippen molar-refractivity contribution in [1.82, 2.24) is 9.88 Å². The van der Waals surface area contributed by atoms with Crippen LogP contribution in [0.5, 0.6) is 0 Å². The van der Waals surface area contributed by atoms with Gasteiger partial charge >= 0.3 is 0 Å². The van der Waals surface area contributed by atoms with Crippen LogP contribution in [0.4, 0.5) is 0 Å². The first-order valence-corrected chi connectivity index (χ1v) is 11.5. The summed E-state index contributed by atoms with van der Waals surface area (Å²) in [6.45, 7) is 3.46. The topological polar surface area (TPSA) is 50.3 Å². The molecule has 0 spiro atoms. The number of thioether (sulfide) groups is 1. The van der Waals surface area contributed by atoms with Crippen molar-refractivity contribution in [2.24, 2.45) is 5.92 Å². The van der Waals surface area contributed by atoms with E-state index in [1.165, 1.54) is 4.70 Å². The van der Waals surface area contributed by atoms with Gasteiger partial charge in [0.1, 0.15) is 0 Å². The third kappa shape index (κ3) is 4.80. The van der Waals surface area contributed by atoms with Gasteiger partial charge in [-0.05, 0) is 24.5 Å². The van der Waals surface area contributed by atoms with E-state index < -0.39 is 10.8 Å². The van der Waals surface area contributed by atoms with Gasteiger partial charge in [0.15, 0.2) is 4.34 Å². The predicted octanol–water partition coefficient (Wildman–Crippen LogP) is 3.40. The van der Waals surface area contributed by atoms with Crippen LogP contribution in [0.2, 0.25) is 0 Å². The number of amides is 1. The first-order chi connectivity index (χ1) is 11.6. The molecule has 24 heavy (non-hydrogen) atoms. The molecule has 0 N–H and O–H groups in total. The summed E-state index contributed by atoms with van der Waals surface area (Å²) in [4.78, 5) is 18.9. The van der Waals surface area contributed by atoms with E-state index in [0.29, 0.717) is 24.6 Å². The predicted molar refractivity (Wildman–Crippen MR) is 103 cm³/mol. The molecule has 0 unspecified atom stereocenters. The van der Waals surface area contributed by atoms with Crippen LogP contribution in [-0.2, 0) is 15.6 Å². The number of thiazole rings is 1. The quantitative estimate of drug-likeness (QED) is 0.587. The summed E-state index contributed by atoms with van der Waals surface area (Å²) >= 11 is 3.44. The lowest BCUT2D eigenvalue weighted by atomic mass is 10.2. The van der Waals surface area contributed by atoms with Gasteiger partial charge in [0.25, 0.3) is 0 Å². The second-order valence-corrected chi connectivity index (χ2v) is 10.1. The summed E-state index contributed by atoms with van der Waals surface area (Å²) in [5, 5.41) is 0. The highest BCUT2D eigenvalue weighted by molar-refractivity contribution is 8.01. The Morgan fingerprint density at radius 1 is 1.46 bits per heavy atom. The maximum atomic E-state index is 12.4. The molecule has 130 valence electrons. The average Bonchev–Trinajstić information content (AvgIpc) is 2.89. The first-order valence-electron chi connectivity index (χ1n) is 8.23. The smallest absolute Gasteiger partial charge is 0.222 e. The molecule has 1 aromatic heterocycles. The minimum absolute atomic E-state index is 0.200. The van der Waals surface area contributed by atoms with E-state index in [1.807, 2.05) is 23.1 Å². The second-order valence-electron chi connectivity index (χ2n) is 6.16. The van der Waals surface area contributed by atoms with Crippen molar-refractivity contribution >= 4 is 50.0 Å². The molecular formula is C17H22N2O2S3. The van der Waals surface area contributed by atoms with Gasteiger partial charge in [0.2, 0.25) is 5.91 Å². The highest BCUT2D eigenvalue weighted by Gasteiger charge is 2.22. The Balaban J connectivity index is 1.44. The number of para-hydroxylation sites is 1. The highest BCUT2D eigenvalue weighted by atomic mass is 32.2. The van der Waals surface area contributed by atoms with Gasteiger partial charge in [-0.2, -0.15) is 0 Å². The van der Waals surface area contributed by atoms with E-state index in [0.717, 1.165) is 34.3 Å². The Morgan fingerprint density at radius 3 is 3.12 bits per heavy atom. The standard InChI is InChI=1S/C17H22N2O2S3/c1-13-11-19(8-10-24(21)12-13)16(20)7-4-9-22-17-18-14-5-2-3-6-15(14)23-17/h2-3,5-6,13H,4,7-12H2,1H3/t13-,24-/m0/s1. The molecular weight excluding hydrogens is 360 g/mol. The van der Waals surface area contributed by atoms with E-state index in [4.69, 9.17) is 0 Å². The molecule has 1 fully saturated rings. The van der Waals surface area contributed by atoms with Gasteiger partial charge in [0, 0.05) is 47.6 Å². The van der Waals surface area contributed by atoms with Crippen molar-refractivity contribution in [2.75, 3.05) is 30.3 Å². The molecule has 2 heterocycles. The molecule has 0 bridgehead atoms. The Labute approximate surface area is 153 Å². The summed E-state index contributed by atoms with van der Waals surface area (Å²) in [6, 6.07) is 8.15. The maximum Gasteiger partial charge on any atom is 0.222 e. The summed E-state index contributed by atoms with van der Waals surface area (Å²) in [5.41, 5.74) is 1.05. The lowest BCUT2D eigenvalue weighted by molar-refractivity contribution is -0.131. The summed E-state index contributed by atoms with van der Waals surface area (Å²) in [6.07, 6.45) is 1.42. The zero-order valence-corrected chi connectivity index (χ0v) is 16.2. The number of hydrogen-bond acceptors (Lipinski definition) is 5. The number of fused-ring (bicyclic) bond motifs is 1. The number of benzene rings is 1. The Hall–Kier alpha value is -0.920. The Kier molecular flexibility index (Phi) is 6.30. The lowest BCUT2D eigenvalue weighted by Crippen LogP contribution is -2.35. The van der Waals surface area contributed by atoms with Crippen molar-refractivity contribution < 1.29 is 9.00 Å². The minimum Gasteiger partial charge on any atom is -0.341 e. The average molecular weight is 383 g/mol. The van der Waals surface area contributed by atoms with Crippen LogP contribution in [0.15, 0.2) is 28.6 Å². The molecule has 0 radical (unpaired) electrons. The van der Waals surface area contributed by atoms with Crippen LogP contribution in [0, 0.1) is 5.92 Å². The van der Waals surface area contributed by atoms with E-state index in [2.05, 4.69) is 18.0 Å². The fourth-order valence-corrected chi connectivity index (χ4v) is 6.22. The van der Waals surface area contributed by atoms with Gasteiger partial charge in [-0.15, -0.1) is 11.3 Å². The number of aromatic nitrogens is 1. The molecule has 3 rings (SSSR count). The monoisotopic (exact) mass is 382 g/mol. The zero-order valence-electron chi connectivity index (χ0n) is 13.8. The van der Waals surface area contributed by atoms with Crippen LogP contribution in [0.1, 0.15) is 19.8 Å². The van der Waals surface area contributed by atoms with Gasteiger partial charge in [-0.1, -0.05) is 30.8 Å². The molecule has 1 aliphatic rings. The molecule has 4 nitrogen and oxygen atoms in total. The number of nitrogens with zero attached hydrogens (tertiary/aromatic N) is 2. The normalized spacial score (nSPS) is 21.8. The van der Waals surface area contributed by atoms with Crippen LogP contribution in [-0.4, -0.2) is 50.3 Å². The van der Waals surface area contributed by atoms with Gasteiger partial charge in [-0.25, -0.2) is 4.98 Å². The van der Waals surface area contributed by atoms with Crippen molar-refractivity contribution in [3.05, 3.63) is 24.3 Å². The molecule has 0 saturated carbocycles. The van der Waals surface area contributed by atoms with Gasteiger partial charge in [-0.3, -0.25) is 9.00 Å². The minimum atomic E-state index is -0.770. The summed E-state index contributed by atoms with van der Waals surface area (Å²) in [7, 11) is -0.770. The van der Waals surface area contributed by atoms with Crippen molar-refractivity contribution in [1.29, 1.82) is 0 Å². The number of hydrogen-bond donors (Lipinski definition) is 0. The Morgan fingerprint density at radius 2 is 2.29 bits per heavy atom. The third-order valence-electron chi connectivity index (χ3n) is 3.98. The highest BCUT2D eigenvalue weighted by Crippen LogP contribution is 2.29. The van der Waals surface area contributed by atoms with E-state index in [1.54, 1.807) is 23.1 Å².